The van der Waals surface area contributed by atoms with Crippen molar-refractivity contribution in [1.82, 2.24) is 14.8 Å². The SMILES string of the molecule is Cc1nn(C)cc1Nc1cc(C(F)(F)F)cc(NN)n1. The summed E-state index contributed by atoms with van der Waals surface area (Å²) in [6.07, 6.45) is -2.83. The largest absolute Gasteiger partial charge is 0.416 e. The van der Waals surface area contributed by atoms with Gasteiger partial charge in [0.15, 0.2) is 0 Å². The lowest BCUT2D eigenvalue weighted by Crippen LogP contribution is -2.13. The summed E-state index contributed by atoms with van der Waals surface area (Å²) in [5.74, 6) is 5.09. The molecule has 108 valence electrons. The topological polar surface area (TPSA) is 80.8 Å². The third kappa shape index (κ3) is 2.99. The molecular weight excluding hydrogens is 273 g/mol. The first kappa shape index (κ1) is 14.1. The van der Waals surface area contributed by atoms with Gasteiger partial charge < -0.3 is 10.7 Å². The standard InChI is InChI=1S/C11H13F3N6/c1-6-8(5-20(2)19-6)16-9-3-7(11(12,13)14)4-10(17-9)18-15/h3-5H,15H2,1-2H3,(H2,16,17,18). The van der Waals surface area contributed by atoms with Crippen LogP contribution in [0.3, 0.4) is 0 Å². The molecule has 6 nitrogen and oxygen atoms in total. The number of pyridine rings is 1. The number of halogens is 3. The molecule has 0 saturated carbocycles. The summed E-state index contributed by atoms with van der Waals surface area (Å²) in [7, 11) is 1.71. The molecule has 2 aromatic heterocycles. The number of aryl methyl sites for hydroxylation is 2. The highest BCUT2D eigenvalue weighted by atomic mass is 19.4. The Labute approximate surface area is 112 Å². The van der Waals surface area contributed by atoms with Crippen LogP contribution in [0, 0.1) is 6.92 Å². The third-order valence-corrected chi connectivity index (χ3v) is 2.58. The highest BCUT2D eigenvalue weighted by Crippen LogP contribution is 2.32. The number of hydrogen-bond acceptors (Lipinski definition) is 5. The number of anilines is 3. The Morgan fingerprint density at radius 3 is 2.40 bits per heavy atom. The van der Waals surface area contributed by atoms with Crippen LogP contribution in [0.5, 0.6) is 0 Å². The fourth-order valence-electron chi connectivity index (χ4n) is 1.69. The van der Waals surface area contributed by atoms with Crippen LogP contribution in [0.1, 0.15) is 11.3 Å². The maximum atomic E-state index is 12.8. The van der Waals surface area contributed by atoms with Crippen LogP contribution < -0.4 is 16.6 Å². The molecule has 20 heavy (non-hydrogen) atoms. The molecule has 0 aliphatic rings. The molecule has 4 N–H and O–H groups in total. The number of hydrogen-bond donors (Lipinski definition) is 3. The Morgan fingerprint density at radius 1 is 1.25 bits per heavy atom. The van der Waals surface area contributed by atoms with E-state index in [1.165, 1.54) is 0 Å². The van der Waals surface area contributed by atoms with Gasteiger partial charge in [0, 0.05) is 13.2 Å². The maximum absolute atomic E-state index is 12.8. The van der Waals surface area contributed by atoms with E-state index in [1.54, 1.807) is 24.9 Å². The zero-order chi connectivity index (χ0) is 14.9. The van der Waals surface area contributed by atoms with Gasteiger partial charge in [-0.2, -0.15) is 18.3 Å². The number of nitrogens with one attached hydrogen (secondary N) is 2. The fraction of sp³-hybridized carbons (Fsp3) is 0.273. The number of nitrogen functional groups attached to an aromatic ring is 1. The van der Waals surface area contributed by atoms with Crippen molar-refractivity contribution in [1.29, 1.82) is 0 Å². The van der Waals surface area contributed by atoms with Gasteiger partial charge in [0.25, 0.3) is 0 Å². The van der Waals surface area contributed by atoms with Crippen molar-refractivity contribution in [2.45, 2.75) is 13.1 Å². The Bertz CT molecular complexity index is 619. The summed E-state index contributed by atoms with van der Waals surface area (Å²) in [4.78, 5) is 3.93. The normalized spacial score (nSPS) is 11.5. The second-order valence-electron chi connectivity index (χ2n) is 4.20. The Kier molecular flexibility index (Phi) is 3.53. The summed E-state index contributed by atoms with van der Waals surface area (Å²) in [5.41, 5.74) is 2.49. The highest BCUT2D eigenvalue weighted by Gasteiger charge is 2.31. The van der Waals surface area contributed by atoms with E-state index in [0.717, 1.165) is 12.1 Å². The first-order chi connectivity index (χ1) is 9.29. The summed E-state index contributed by atoms with van der Waals surface area (Å²) >= 11 is 0. The van der Waals surface area contributed by atoms with E-state index in [9.17, 15) is 13.2 Å². The first-order valence-electron chi connectivity index (χ1n) is 5.63. The minimum Gasteiger partial charge on any atom is -0.337 e. The quantitative estimate of drug-likeness (QED) is 0.595. The third-order valence-electron chi connectivity index (χ3n) is 2.58. The van der Waals surface area contributed by atoms with E-state index in [2.05, 4.69) is 20.8 Å². The van der Waals surface area contributed by atoms with Crippen molar-refractivity contribution in [2.75, 3.05) is 10.7 Å². The number of hydrazine groups is 1. The van der Waals surface area contributed by atoms with E-state index in [-0.39, 0.29) is 11.6 Å². The average Bonchev–Trinajstić information content (AvgIpc) is 2.66. The molecule has 2 aromatic rings. The molecule has 0 bridgehead atoms. The predicted octanol–water partition coefficient (Wildman–Crippen LogP) is 2.17. The van der Waals surface area contributed by atoms with Gasteiger partial charge >= 0.3 is 6.18 Å². The molecule has 2 rings (SSSR count). The Hall–Kier alpha value is -2.29. The van der Waals surface area contributed by atoms with Gasteiger partial charge in [0.2, 0.25) is 0 Å². The van der Waals surface area contributed by atoms with Crippen molar-refractivity contribution in [3.63, 3.8) is 0 Å². The first-order valence-corrected chi connectivity index (χ1v) is 5.63. The molecule has 0 amide bonds. The van der Waals surface area contributed by atoms with E-state index in [1.807, 2.05) is 0 Å². The second-order valence-corrected chi connectivity index (χ2v) is 4.20. The molecule has 0 unspecified atom stereocenters. The number of alkyl halides is 3. The number of rotatable bonds is 3. The summed E-state index contributed by atoms with van der Waals surface area (Å²) in [6, 6.07) is 1.74. The van der Waals surface area contributed by atoms with Gasteiger partial charge in [-0.3, -0.25) is 4.68 Å². The second kappa shape index (κ2) is 5.00. The van der Waals surface area contributed by atoms with Crippen molar-refractivity contribution < 1.29 is 13.2 Å². The van der Waals surface area contributed by atoms with Crippen molar-refractivity contribution in [3.05, 3.63) is 29.6 Å². The lowest BCUT2D eigenvalue weighted by atomic mass is 10.2. The van der Waals surface area contributed by atoms with Gasteiger partial charge in [-0.1, -0.05) is 0 Å². The van der Waals surface area contributed by atoms with Crippen LogP contribution in [0.15, 0.2) is 18.3 Å². The predicted molar refractivity (Wildman–Crippen MR) is 68.3 cm³/mol. The van der Waals surface area contributed by atoms with Crippen LogP contribution in [0.2, 0.25) is 0 Å². The maximum Gasteiger partial charge on any atom is 0.416 e. The van der Waals surface area contributed by atoms with Crippen LogP contribution in [-0.4, -0.2) is 14.8 Å². The monoisotopic (exact) mass is 286 g/mol. The molecule has 0 fully saturated rings. The van der Waals surface area contributed by atoms with Crippen LogP contribution in [-0.2, 0) is 13.2 Å². The zero-order valence-corrected chi connectivity index (χ0v) is 10.8. The lowest BCUT2D eigenvalue weighted by Gasteiger charge is -2.12. The van der Waals surface area contributed by atoms with Gasteiger partial charge in [0.05, 0.1) is 16.9 Å². The molecule has 0 radical (unpaired) electrons. The van der Waals surface area contributed by atoms with E-state index in [0.29, 0.717) is 11.4 Å². The van der Waals surface area contributed by atoms with E-state index < -0.39 is 11.7 Å². The minimum atomic E-state index is -4.48. The Balaban J connectivity index is 2.38. The molecule has 0 aliphatic carbocycles. The molecule has 0 saturated heterocycles. The van der Waals surface area contributed by atoms with Crippen molar-refractivity contribution in [3.8, 4) is 0 Å². The molecule has 0 aliphatic heterocycles. The molecule has 0 spiro atoms. The van der Waals surface area contributed by atoms with Crippen LogP contribution in [0.25, 0.3) is 0 Å². The molecule has 0 atom stereocenters. The zero-order valence-electron chi connectivity index (χ0n) is 10.8. The van der Waals surface area contributed by atoms with E-state index >= 15 is 0 Å². The highest BCUT2D eigenvalue weighted by molar-refractivity contribution is 5.60. The molecular formula is C11H13F3N6. The van der Waals surface area contributed by atoms with Gasteiger partial charge in [0.1, 0.15) is 11.6 Å². The van der Waals surface area contributed by atoms with Gasteiger partial charge in [-0.25, -0.2) is 10.8 Å². The van der Waals surface area contributed by atoms with Crippen LogP contribution in [0.4, 0.5) is 30.5 Å². The Morgan fingerprint density at radius 2 is 1.90 bits per heavy atom. The van der Waals surface area contributed by atoms with Gasteiger partial charge in [-0.05, 0) is 19.1 Å². The summed E-state index contributed by atoms with van der Waals surface area (Å²) in [5, 5.41) is 6.88. The smallest absolute Gasteiger partial charge is 0.337 e. The number of nitrogens with two attached hydrogens (primary N) is 1. The van der Waals surface area contributed by atoms with Crippen molar-refractivity contribution in [2.24, 2.45) is 12.9 Å². The average molecular weight is 286 g/mol. The minimum absolute atomic E-state index is 0.0314. The van der Waals surface area contributed by atoms with E-state index in [4.69, 9.17) is 5.84 Å². The van der Waals surface area contributed by atoms with Crippen molar-refractivity contribution >= 4 is 17.3 Å². The van der Waals surface area contributed by atoms with Crippen LogP contribution >= 0.6 is 0 Å². The fourth-order valence-corrected chi connectivity index (χ4v) is 1.69. The molecule has 2 heterocycles. The molecule has 0 aromatic carbocycles. The lowest BCUT2D eigenvalue weighted by molar-refractivity contribution is -0.137. The summed E-state index contributed by atoms with van der Waals surface area (Å²) < 4.78 is 39.8. The van der Waals surface area contributed by atoms with Gasteiger partial charge in [-0.15, -0.1) is 0 Å². The molecule has 9 heteroatoms. The number of aromatic nitrogens is 3. The summed E-state index contributed by atoms with van der Waals surface area (Å²) in [6.45, 7) is 1.73. The number of nitrogens with zero attached hydrogens (tertiary/aromatic N) is 3.